The molecule has 17 heavy (non-hydrogen) atoms. The molecule has 0 aromatic carbocycles. The van der Waals surface area contributed by atoms with E-state index in [0.717, 1.165) is 20.5 Å². The highest BCUT2D eigenvalue weighted by Gasteiger charge is 2.07. The lowest BCUT2D eigenvalue weighted by Gasteiger charge is -1.95. The summed E-state index contributed by atoms with van der Waals surface area (Å²) in [6.45, 7) is 1.98. The first-order valence-electron chi connectivity index (χ1n) is 5.13. The quantitative estimate of drug-likeness (QED) is 0.662. The molecule has 0 spiro atoms. The fraction of sp³-hybridized carbons (Fsp3) is 0.273. The van der Waals surface area contributed by atoms with Gasteiger partial charge in [-0.15, -0.1) is 22.7 Å². The van der Waals surface area contributed by atoms with Gasteiger partial charge in [-0.1, -0.05) is 0 Å². The fourth-order valence-corrected chi connectivity index (χ4v) is 3.07. The number of rotatable bonds is 4. The van der Waals surface area contributed by atoms with Crippen LogP contribution in [0.5, 0.6) is 0 Å². The number of amides is 1. The van der Waals surface area contributed by atoms with Gasteiger partial charge in [-0.3, -0.25) is 10.0 Å². The van der Waals surface area contributed by atoms with Crippen LogP contribution in [0.25, 0.3) is 10.6 Å². The second-order valence-electron chi connectivity index (χ2n) is 3.55. The molecule has 2 rings (SSSR count). The Morgan fingerprint density at radius 2 is 2.35 bits per heavy atom. The number of nitrogens with zero attached hydrogens (tertiary/aromatic N) is 1. The topological polar surface area (TPSA) is 62.2 Å². The van der Waals surface area contributed by atoms with Gasteiger partial charge in [-0.05, 0) is 25.5 Å². The Hall–Kier alpha value is -1.24. The predicted molar refractivity (Wildman–Crippen MR) is 68.4 cm³/mol. The molecule has 0 atom stereocenters. The lowest BCUT2D eigenvalue weighted by Crippen LogP contribution is -2.18. The summed E-state index contributed by atoms with van der Waals surface area (Å²) < 4.78 is 0. The molecule has 4 nitrogen and oxygen atoms in total. The highest BCUT2D eigenvalue weighted by molar-refractivity contribution is 7.16. The Labute approximate surface area is 107 Å². The molecule has 1 amide bonds. The first-order chi connectivity index (χ1) is 8.19. The largest absolute Gasteiger partial charge is 0.289 e. The second-order valence-corrected chi connectivity index (χ2v) is 5.78. The van der Waals surface area contributed by atoms with Crippen molar-refractivity contribution in [1.82, 2.24) is 10.5 Å². The van der Waals surface area contributed by atoms with Crippen LogP contribution in [-0.2, 0) is 11.2 Å². The normalized spacial score (nSPS) is 10.5. The van der Waals surface area contributed by atoms with E-state index < -0.39 is 0 Å². The van der Waals surface area contributed by atoms with Crippen LogP contribution >= 0.6 is 22.7 Å². The number of carbonyl (C=O) groups excluding carboxylic acids is 1. The molecule has 0 aliphatic heterocycles. The number of nitrogens with one attached hydrogen (secondary N) is 1. The lowest BCUT2D eigenvalue weighted by molar-refractivity contribution is -0.129. The third kappa shape index (κ3) is 3.12. The minimum atomic E-state index is -0.357. The zero-order chi connectivity index (χ0) is 12.3. The SMILES string of the molecule is Cc1nc(-c2ccc(CCC(=O)NO)s2)cs1. The van der Waals surface area contributed by atoms with Gasteiger partial charge < -0.3 is 0 Å². The fourth-order valence-electron chi connectivity index (χ4n) is 1.42. The maximum atomic E-state index is 10.9. The molecule has 0 saturated heterocycles. The van der Waals surface area contributed by atoms with Gasteiger partial charge in [0.05, 0.1) is 15.6 Å². The van der Waals surface area contributed by atoms with Crippen molar-refractivity contribution in [3.63, 3.8) is 0 Å². The molecule has 0 saturated carbocycles. The molecule has 0 unspecified atom stereocenters. The summed E-state index contributed by atoms with van der Waals surface area (Å²) in [5, 5.41) is 11.5. The van der Waals surface area contributed by atoms with Crippen LogP contribution in [0.2, 0.25) is 0 Å². The average molecular weight is 268 g/mol. The number of carbonyl (C=O) groups is 1. The molecule has 0 aliphatic carbocycles. The van der Waals surface area contributed by atoms with Gasteiger partial charge in [0.1, 0.15) is 0 Å². The van der Waals surface area contributed by atoms with Crippen LogP contribution in [-0.4, -0.2) is 16.1 Å². The molecule has 6 heteroatoms. The summed E-state index contributed by atoms with van der Waals surface area (Å²) in [6, 6.07) is 4.02. The number of thiazole rings is 1. The Morgan fingerprint density at radius 3 is 3.00 bits per heavy atom. The van der Waals surface area contributed by atoms with Gasteiger partial charge in [0.2, 0.25) is 5.91 Å². The summed E-state index contributed by atoms with van der Waals surface area (Å²) in [5.74, 6) is -0.357. The van der Waals surface area contributed by atoms with Gasteiger partial charge in [-0.25, -0.2) is 10.5 Å². The number of thiophene rings is 1. The van der Waals surface area contributed by atoms with Gasteiger partial charge in [0.15, 0.2) is 0 Å². The van der Waals surface area contributed by atoms with E-state index >= 15 is 0 Å². The smallest absolute Gasteiger partial charge is 0.243 e. The highest BCUT2D eigenvalue weighted by atomic mass is 32.1. The van der Waals surface area contributed by atoms with Crippen LogP contribution in [0.1, 0.15) is 16.3 Å². The van der Waals surface area contributed by atoms with Gasteiger partial charge in [0.25, 0.3) is 0 Å². The summed E-state index contributed by atoms with van der Waals surface area (Å²) in [6.07, 6.45) is 0.937. The molecular weight excluding hydrogens is 256 g/mol. The molecule has 0 radical (unpaired) electrons. The van der Waals surface area contributed by atoms with Gasteiger partial charge in [0, 0.05) is 16.7 Å². The van der Waals surface area contributed by atoms with Crippen molar-refractivity contribution in [2.45, 2.75) is 19.8 Å². The molecule has 0 bridgehead atoms. The first kappa shape index (κ1) is 12.2. The van der Waals surface area contributed by atoms with Crippen LogP contribution in [0.4, 0.5) is 0 Å². The van der Waals surface area contributed by atoms with Crippen molar-refractivity contribution in [3.8, 4) is 10.6 Å². The number of hydrogen-bond donors (Lipinski definition) is 2. The van der Waals surface area contributed by atoms with E-state index in [1.807, 2.05) is 24.4 Å². The number of hydroxylamine groups is 1. The van der Waals surface area contributed by atoms with Crippen molar-refractivity contribution in [2.24, 2.45) is 0 Å². The molecule has 2 aromatic rings. The van der Waals surface area contributed by atoms with Crippen LogP contribution in [0, 0.1) is 6.92 Å². The van der Waals surface area contributed by atoms with Crippen molar-refractivity contribution in [3.05, 3.63) is 27.4 Å². The average Bonchev–Trinajstić information content (AvgIpc) is 2.94. The summed E-state index contributed by atoms with van der Waals surface area (Å²) in [4.78, 5) is 17.6. The predicted octanol–water partition coefficient (Wildman–Crippen LogP) is 2.62. The van der Waals surface area contributed by atoms with E-state index in [4.69, 9.17) is 5.21 Å². The lowest BCUT2D eigenvalue weighted by atomic mass is 10.2. The minimum absolute atomic E-state index is 0.298. The van der Waals surface area contributed by atoms with E-state index in [1.165, 1.54) is 0 Å². The molecule has 2 N–H and O–H groups in total. The zero-order valence-electron chi connectivity index (χ0n) is 9.27. The van der Waals surface area contributed by atoms with Crippen molar-refractivity contribution in [2.75, 3.05) is 0 Å². The van der Waals surface area contributed by atoms with Crippen molar-refractivity contribution in [1.29, 1.82) is 0 Å². The van der Waals surface area contributed by atoms with E-state index in [9.17, 15) is 4.79 Å². The van der Waals surface area contributed by atoms with Crippen molar-refractivity contribution < 1.29 is 10.0 Å². The Kier molecular flexibility index (Phi) is 3.88. The maximum Gasteiger partial charge on any atom is 0.243 e. The monoisotopic (exact) mass is 268 g/mol. The molecule has 2 heterocycles. The Balaban J connectivity index is 2.03. The third-order valence-electron chi connectivity index (χ3n) is 2.26. The van der Waals surface area contributed by atoms with Crippen LogP contribution < -0.4 is 5.48 Å². The first-order valence-corrected chi connectivity index (χ1v) is 6.83. The molecule has 0 aliphatic rings. The van der Waals surface area contributed by atoms with Crippen LogP contribution in [0.15, 0.2) is 17.5 Å². The van der Waals surface area contributed by atoms with Gasteiger partial charge >= 0.3 is 0 Å². The zero-order valence-corrected chi connectivity index (χ0v) is 10.9. The molecular formula is C11H12N2O2S2. The molecule has 2 aromatic heterocycles. The van der Waals surface area contributed by atoms with E-state index in [-0.39, 0.29) is 5.91 Å². The van der Waals surface area contributed by atoms with E-state index in [0.29, 0.717) is 12.8 Å². The molecule has 90 valence electrons. The van der Waals surface area contributed by atoms with Crippen molar-refractivity contribution >= 4 is 28.6 Å². The summed E-state index contributed by atoms with van der Waals surface area (Å²) >= 11 is 3.26. The summed E-state index contributed by atoms with van der Waals surface area (Å²) in [5.41, 5.74) is 2.63. The Bertz CT molecular complexity index is 519. The maximum absolute atomic E-state index is 10.9. The van der Waals surface area contributed by atoms with Crippen LogP contribution in [0.3, 0.4) is 0 Å². The Morgan fingerprint density at radius 1 is 1.53 bits per heavy atom. The molecule has 0 fully saturated rings. The number of aryl methyl sites for hydroxylation is 2. The third-order valence-corrected chi connectivity index (χ3v) is 4.20. The highest BCUT2D eigenvalue weighted by Crippen LogP contribution is 2.29. The second kappa shape index (κ2) is 5.39. The number of hydrogen-bond acceptors (Lipinski definition) is 5. The van der Waals surface area contributed by atoms with E-state index in [2.05, 4.69) is 4.98 Å². The summed E-state index contributed by atoms with van der Waals surface area (Å²) in [7, 11) is 0. The standard InChI is InChI=1S/C11H12N2O2S2/c1-7-12-9(6-16-7)10-4-2-8(17-10)3-5-11(14)13-15/h2,4,6,15H,3,5H2,1H3,(H,13,14). The van der Waals surface area contributed by atoms with E-state index in [1.54, 1.807) is 28.2 Å². The van der Waals surface area contributed by atoms with Gasteiger partial charge in [-0.2, -0.15) is 0 Å². The number of aromatic nitrogens is 1. The minimum Gasteiger partial charge on any atom is -0.289 e.